The van der Waals surface area contributed by atoms with E-state index in [-0.39, 0.29) is 17.8 Å². The number of amides is 1. The number of likely N-dealkylation sites (tertiary alicyclic amines) is 1. The second kappa shape index (κ2) is 5.10. The van der Waals surface area contributed by atoms with Gasteiger partial charge in [-0.05, 0) is 30.2 Å². The number of rotatable bonds is 2. The first kappa shape index (κ1) is 11.8. The second-order valence-corrected chi connectivity index (χ2v) is 4.22. The summed E-state index contributed by atoms with van der Waals surface area (Å²) in [6.07, 6.45) is 3.93. The molecule has 0 aliphatic carbocycles. The fraction of sp³-hybridized carbons (Fsp3) is 0.308. The summed E-state index contributed by atoms with van der Waals surface area (Å²) in [5, 5.41) is 0. The van der Waals surface area contributed by atoms with E-state index in [0.29, 0.717) is 18.7 Å². The molecule has 1 atom stereocenters. The van der Waals surface area contributed by atoms with E-state index in [2.05, 4.69) is 0 Å². The first-order chi connectivity index (χ1) is 8.15. The van der Waals surface area contributed by atoms with Crippen molar-refractivity contribution >= 4 is 12.0 Å². The maximum Gasteiger partial charge on any atom is 0.246 e. The van der Waals surface area contributed by atoms with Gasteiger partial charge in [-0.2, -0.15) is 0 Å². The van der Waals surface area contributed by atoms with Crippen LogP contribution in [0.1, 0.15) is 12.0 Å². The molecule has 3 nitrogen and oxygen atoms in total. The van der Waals surface area contributed by atoms with E-state index >= 15 is 0 Å². The van der Waals surface area contributed by atoms with Gasteiger partial charge in [0.2, 0.25) is 5.91 Å². The quantitative estimate of drug-likeness (QED) is 0.786. The third-order valence-corrected chi connectivity index (χ3v) is 2.80. The molecule has 1 aliphatic heterocycles. The van der Waals surface area contributed by atoms with Crippen LogP contribution in [0.5, 0.6) is 0 Å². The van der Waals surface area contributed by atoms with Gasteiger partial charge < -0.3 is 10.6 Å². The molecule has 1 aromatic carbocycles. The van der Waals surface area contributed by atoms with Crippen molar-refractivity contribution in [2.24, 2.45) is 5.73 Å². The largest absolute Gasteiger partial charge is 0.338 e. The molecule has 1 aliphatic rings. The number of carbonyl (C=O) groups excluding carboxylic acids is 1. The zero-order valence-electron chi connectivity index (χ0n) is 9.47. The van der Waals surface area contributed by atoms with Gasteiger partial charge in [-0.25, -0.2) is 4.39 Å². The van der Waals surface area contributed by atoms with Gasteiger partial charge in [0.25, 0.3) is 0 Å². The first-order valence-electron chi connectivity index (χ1n) is 5.63. The molecule has 17 heavy (non-hydrogen) atoms. The number of hydrogen-bond donors (Lipinski definition) is 1. The molecule has 0 unspecified atom stereocenters. The minimum atomic E-state index is -0.303. The first-order valence-corrected chi connectivity index (χ1v) is 5.63. The Kier molecular flexibility index (Phi) is 3.54. The molecule has 2 N–H and O–H groups in total. The van der Waals surface area contributed by atoms with E-state index in [9.17, 15) is 9.18 Å². The molecular weight excluding hydrogens is 219 g/mol. The van der Waals surface area contributed by atoms with Crippen molar-refractivity contribution in [3.8, 4) is 0 Å². The topological polar surface area (TPSA) is 46.3 Å². The number of benzene rings is 1. The van der Waals surface area contributed by atoms with E-state index in [4.69, 9.17) is 5.73 Å². The van der Waals surface area contributed by atoms with Crippen molar-refractivity contribution < 1.29 is 9.18 Å². The molecule has 1 aromatic rings. The number of nitrogens with zero attached hydrogens (tertiary/aromatic N) is 1. The van der Waals surface area contributed by atoms with Crippen molar-refractivity contribution in [2.45, 2.75) is 12.5 Å². The van der Waals surface area contributed by atoms with Crippen LogP contribution in [0.3, 0.4) is 0 Å². The lowest BCUT2D eigenvalue weighted by molar-refractivity contribution is -0.124. The number of nitrogens with two attached hydrogens (primary N) is 1. The van der Waals surface area contributed by atoms with E-state index in [1.54, 1.807) is 23.1 Å². The van der Waals surface area contributed by atoms with Gasteiger partial charge in [-0.1, -0.05) is 12.1 Å². The summed E-state index contributed by atoms with van der Waals surface area (Å²) in [5.41, 5.74) is 6.40. The highest BCUT2D eigenvalue weighted by molar-refractivity contribution is 5.92. The molecule has 1 saturated heterocycles. The smallest absolute Gasteiger partial charge is 0.246 e. The Hall–Kier alpha value is -1.68. The van der Waals surface area contributed by atoms with Crippen LogP contribution in [-0.4, -0.2) is 29.9 Å². The standard InChI is InChI=1S/C13H15FN2O/c14-11-3-1-2-10(8-11)4-5-13(17)16-7-6-12(15)9-16/h1-5,8,12H,6-7,9,15H2/b5-4+/t12-/m1/s1. The highest BCUT2D eigenvalue weighted by Gasteiger charge is 2.21. The second-order valence-electron chi connectivity index (χ2n) is 4.22. The van der Waals surface area contributed by atoms with Crippen LogP contribution in [0.2, 0.25) is 0 Å². The van der Waals surface area contributed by atoms with E-state index in [1.807, 2.05) is 0 Å². The molecule has 0 saturated carbocycles. The highest BCUT2D eigenvalue weighted by Crippen LogP contribution is 2.09. The van der Waals surface area contributed by atoms with Crippen LogP contribution in [0.25, 0.3) is 6.08 Å². The normalized spacial score (nSPS) is 20.1. The van der Waals surface area contributed by atoms with Crippen molar-refractivity contribution in [3.05, 3.63) is 41.7 Å². The molecule has 0 bridgehead atoms. The number of halogens is 1. The van der Waals surface area contributed by atoms with E-state index < -0.39 is 0 Å². The van der Waals surface area contributed by atoms with E-state index in [1.165, 1.54) is 18.2 Å². The zero-order valence-corrected chi connectivity index (χ0v) is 9.47. The Balaban J connectivity index is 1.98. The lowest BCUT2D eigenvalue weighted by Gasteiger charge is -2.12. The van der Waals surface area contributed by atoms with Gasteiger partial charge in [0.05, 0.1) is 0 Å². The molecule has 1 heterocycles. The SMILES string of the molecule is N[C@@H]1CCN(C(=O)/C=C/c2cccc(F)c2)C1. The van der Waals surface area contributed by atoms with Gasteiger partial charge in [0.15, 0.2) is 0 Å². The van der Waals surface area contributed by atoms with Crippen molar-refractivity contribution in [3.63, 3.8) is 0 Å². The van der Waals surface area contributed by atoms with Gasteiger partial charge in [0, 0.05) is 25.2 Å². The fourth-order valence-electron chi connectivity index (χ4n) is 1.87. The van der Waals surface area contributed by atoms with E-state index in [0.717, 1.165) is 6.42 Å². The Labute approximate surface area is 99.7 Å². The number of hydrogen-bond acceptors (Lipinski definition) is 2. The molecule has 0 spiro atoms. The minimum absolute atomic E-state index is 0.0674. The Bertz CT molecular complexity index is 445. The van der Waals surface area contributed by atoms with Crippen LogP contribution < -0.4 is 5.73 Å². The third-order valence-electron chi connectivity index (χ3n) is 2.80. The average Bonchev–Trinajstić information content (AvgIpc) is 2.73. The molecular formula is C13H15FN2O. The van der Waals surface area contributed by atoms with Crippen LogP contribution in [0, 0.1) is 5.82 Å². The highest BCUT2D eigenvalue weighted by atomic mass is 19.1. The van der Waals surface area contributed by atoms with Crippen LogP contribution in [0.15, 0.2) is 30.3 Å². The lowest BCUT2D eigenvalue weighted by atomic mass is 10.2. The van der Waals surface area contributed by atoms with Gasteiger partial charge >= 0.3 is 0 Å². The maximum absolute atomic E-state index is 12.9. The van der Waals surface area contributed by atoms with Crippen LogP contribution >= 0.6 is 0 Å². The van der Waals surface area contributed by atoms with Crippen LogP contribution in [-0.2, 0) is 4.79 Å². The van der Waals surface area contributed by atoms with Crippen LogP contribution in [0.4, 0.5) is 4.39 Å². The average molecular weight is 234 g/mol. The summed E-state index contributed by atoms with van der Waals surface area (Å²) in [7, 11) is 0. The summed E-state index contributed by atoms with van der Waals surface area (Å²) in [6, 6.07) is 6.22. The summed E-state index contributed by atoms with van der Waals surface area (Å²) in [6.45, 7) is 1.31. The Morgan fingerprint density at radius 2 is 2.35 bits per heavy atom. The van der Waals surface area contributed by atoms with Gasteiger partial charge in [-0.3, -0.25) is 4.79 Å². The maximum atomic E-state index is 12.9. The molecule has 1 amide bonds. The molecule has 0 radical (unpaired) electrons. The third kappa shape index (κ3) is 3.14. The summed E-state index contributed by atoms with van der Waals surface area (Å²) >= 11 is 0. The van der Waals surface area contributed by atoms with Crippen molar-refractivity contribution in [1.29, 1.82) is 0 Å². The number of carbonyl (C=O) groups is 1. The Morgan fingerprint density at radius 1 is 1.53 bits per heavy atom. The van der Waals surface area contributed by atoms with Crippen molar-refractivity contribution in [1.82, 2.24) is 4.90 Å². The fourth-order valence-corrected chi connectivity index (χ4v) is 1.87. The molecule has 4 heteroatoms. The predicted octanol–water partition coefficient (Wildman–Crippen LogP) is 1.40. The summed E-state index contributed by atoms with van der Waals surface area (Å²) in [4.78, 5) is 13.4. The molecule has 2 rings (SSSR count). The molecule has 90 valence electrons. The van der Waals surface area contributed by atoms with Crippen molar-refractivity contribution in [2.75, 3.05) is 13.1 Å². The summed E-state index contributed by atoms with van der Waals surface area (Å²) in [5.74, 6) is -0.370. The Morgan fingerprint density at radius 3 is 3.00 bits per heavy atom. The lowest BCUT2D eigenvalue weighted by Crippen LogP contribution is -2.30. The van der Waals surface area contributed by atoms with Gasteiger partial charge in [0.1, 0.15) is 5.82 Å². The predicted molar refractivity (Wildman–Crippen MR) is 64.6 cm³/mol. The monoisotopic (exact) mass is 234 g/mol. The summed E-state index contributed by atoms with van der Waals surface area (Å²) < 4.78 is 12.9. The minimum Gasteiger partial charge on any atom is -0.338 e. The molecule has 0 aromatic heterocycles. The zero-order chi connectivity index (χ0) is 12.3. The molecule has 1 fully saturated rings. The van der Waals surface area contributed by atoms with Gasteiger partial charge in [-0.15, -0.1) is 0 Å².